The van der Waals surface area contributed by atoms with Crippen LogP contribution in [0.4, 0.5) is 9.18 Å². The van der Waals surface area contributed by atoms with Crippen LogP contribution in [0.3, 0.4) is 0 Å². The highest BCUT2D eigenvalue weighted by Gasteiger charge is 2.20. The van der Waals surface area contributed by atoms with Crippen molar-refractivity contribution in [2.75, 3.05) is 18.8 Å². The van der Waals surface area contributed by atoms with Gasteiger partial charge in [-0.1, -0.05) is 18.6 Å². The quantitative estimate of drug-likeness (QED) is 0.666. The van der Waals surface area contributed by atoms with Crippen molar-refractivity contribution >= 4 is 16.1 Å². The standard InChI is InChI=1S/C15H22FN3O3S/c16-14-6-2-5-13(9-14)10-18-15(20)17-7-8-23(21,22)19-11-12-3-1-4-12/h2,5-6,9,12,19H,1,3-4,7-8,10-11H2,(H2,17,18,20). The summed E-state index contributed by atoms with van der Waals surface area (Å²) in [7, 11) is -3.36. The van der Waals surface area contributed by atoms with Gasteiger partial charge >= 0.3 is 6.03 Å². The summed E-state index contributed by atoms with van der Waals surface area (Å²) in [6.45, 7) is 0.680. The summed E-state index contributed by atoms with van der Waals surface area (Å²) in [5.41, 5.74) is 0.634. The Morgan fingerprint density at radius 1 is 1.26 bits per heavy atom. The first-order valence-corrected chi connectivity index (χ1v) is 9.33. The zero-order valence-electron chi connectivity index (χ0n) is 12.8. The summed E-state index contributed by atoms with van der Waals surface area (Å²) in [6, 6.07) is 5.42. The highest BCUT2D eigenvalue weighted by molar-refractivity contribution is 7.89. The summed E-state index contributed by atoms with van der Waals surface area (Å²) in [4.78, 5) is 11.6. The first-order valence-electron chi connectivity index (χ1n) is 7.68. The monoisotopic (exact) mass is 343 g/mol. The van der Waals surface area contributed by atoms with E-state index in [0.29, 0.717) is 18.0 Å². The molecule has 0 aliphatic heterocycles. The second-order valence-electron chi connectivity index (χ2n) is 5.70. The number of sulfonamides is 1. The maximum absolute atomic E-state index is 13.0. The fourth-order valence-corrected chi connectivity index (χ4v) is 3.21. The number of halogens is 1. The molecule has 0 aromatic heterocycles. The van der Waals surface area contributed by atoms with Crippen LogP contribution in [-0.2, 0) is 16.6 Å². The Balaban J connectivity index is 1.61. The number of rotatable bonds is 8. The molecule has 2 amide bonds. The summed E-state index contributed by atoms with van der Waals surface area (Å²) >= 11 is 0. The lowest BCUT2D eigenvalue weighted by atomic mass is 9.86. The molecule has 6 nitrogen and oxygen atoms in total. The van der Waals surface area contributed by atoms with E-state index in [2.05, 4.69) is 15.4 Å². The molecule has 1 aliphatic carbocycles. The van der Waals surface area contributed by atoms with Crippen LogP contribution in [-0.4, -0.2) is 33.3 Å². The maximum atomic E-state index is 13.0. The molecule has 0 spiro atoms. The molecule has 0 heterocycles. The van der Waals surface area contributed by atoms with Crippen LogP contribution < -0.4 is 15.4 Å². The molecule has 23 heavy (non-hydrogen) atoms. The minimum Gasteiger partial charge on any atom is -0.337 e. The summed E-state index contributed by atoms with van der Waals surface area (Å²) in [5.74, 6) is -0.0757. The molecule has 0 saturated heterocycles. The Kier molecular flexibility index (Phi) is 6.35. The van der Waals surface area contributed by atoms with Crippen LogP contribution in [0.2, 0.25) is 0 Å². The number of carbonyl (C=O) groups excluding carboxylic acids is 1. The molecule has 128 valence electrons. The second-order valence-corrected chi connectivity index (χ2v) is 7.63. The van der Waals surface area contributed by atoms with Gasteiger partial charge in [0.05, 0.1) is 5.75 Å². The Labute approximate surface area is 135 Å². The van der Waals surface area contributed by atoms with Crippen molar-refractivity contribution in [3.8, 4) is 0 Å². The van der Waals surface area contributed by atoms with Gasteiger partial charge in [-0.15, -0.1) is 0 Å². The molecular weight excluding hydrogens is 321 g/mol. The second kappa shape index (κ2) is 8.26. The fraction of sp³-hybridized carbons (Fsp3) is 0.533. The van der Waals surface area contributed by atoms with E-state index in [1.54, 1.807) is 12.1 Å². The normalized spacial score (nSPS) is 15.0. The zero-order chi connectivity index (χ0) is 16.7. The smallest absolute Gasteiger partial charge is 0.315 e. The van der Waals surface area contributed by atoms with Gasteiger partial charge in [0.1, 0.15) is 5.82 Å². The highest BCUT2D eigenvalue weighted by Crippen LogP contribution is 2.25. The summed E-state index contributed by atoms with van der Waals surface area (Å²) in [5, 5.41) is 5.03. The molecule has 3 N–H and O–H groups in total. The average Bonchev–Trinajstić information content (AvgIpc) is 2.43. The van der Waals surface area contributed by atoms with Gasteiger partial charge in [0.2, 0.25) is 10.0 Å². The number of carbonyl (C=O) groups is 1. The molecule has 1 aliphatic rings. The average molecular weight is 343 g/mol. The van der Waals surface area contributed by atoms with E-state index in [0.717, 1.165) is 12.8 Å². The number of benzene rings is 1. The van der Waals surface area contributed by atoms with Crippen molar-refractivity contribution in [3.05, 3.63) is 35.6 Å². The van der Waals surface area contributed by atoms with Gasteiger partial charge in [-0.05, 0) is 36.5 Å². The van der Waals surface area contributed by atoms with E-state index in [4.69, 9.17) is 0 Å². The minimum absolute atomic E-state index is 0.0228. The van der Waals surface area contributed by atoms with Crippen LogP contribution in [0.15, 0.2) is 24.3 Å². The molecule has 2 rings (SSSR count). The molecule has 0 atom stereocenters. The lowest BCUT2D eigenvalue weighted by molar-refractivity contribution is 0.241. The molecule has 1 aromatic carbocycles. The molecule has 8 heteroatoms. The Hall–Kier alpha value is -1.67. The third-order valence-electron chi connectivity index (χ3n) is 3.82. The van der Waals surface area contributed by atoms with Crippen molar-refractivity contribution in [1.82, 2.24) is 15.4 Å². The van der Waals surface area contributed by atoms with Crippen LogP contribution in [0.1, 0.15) is 24.8 Å². The molecule has 1 aromatic rings. The lowest BCUT2D eigenvalue weighted by Crippen LogP contribution is -2.40. The molecular formula is C15H22FN3O3S. The Bertz CT molecular complexity index is 633. The summed E-state index contributed by atoms with van der Waals surface area (Å²) in [6.07, 6.45) is 3.31. The number of hydrogen-bond acceptors (Lipinski definition) is 3. The molecule has 0 unspecified atom stereocenters. The fourth-order valence-electron chi connectivity index (χ4n) is 2.20. The van der Waals surface area contributed by atoms with Gasteiger partial charge < -0.3 is 10.6 Å². The van der Waals surface area contributed by atoms with Gasteiger partial charge in [-0.2, -0.15) is 0 Å². The number of amides is 2. The lowest BCUT2D eigenvalue weighted by Gasteiger charge is -2.25. The van der Waals surface area contributed by atoms with Crippen molar-refractivity contribution in [2.24, 2.45) is 5.92 Å². The van der Waals surface area contributed by atoms with Crippen LogP contribution in [0, 0.1) is 11.7 Å². The third kappa shape index (κ3) is 6.54. The summed E-state index contributed by atoms with van der Waals surface area (Å²) < 4.78 is 39.0. The van der Waals surface area contributed by atoms with E-state index in [1.807, 2.05) is 0 Å². The topological polar surface area (TPSA) is 87.3 Å². The Morgan fingerprint density at radius 2 is 2.04 bits per heavy atom. The van der Waals surface area contributed by atoms with E-state index < -0.39 is 16.1 Å². The van der Waals surface area contributed by atoms with Crippen molar-refractivity contribution in [1.29, 1.82) is 0 Å². The molecule has 1 fully saturated rings. The van der Waals surface area contributed by atoms with Crippen LogP contribution in [0.25, 0.3) is 0 Å². The number of urea groups is 1. The van der Waals surface area contributed by atoms with E-state index >= 15 is 0 Å². The minimum atomic E-state index is -3.36. The predicted octanol–water partition coefficient (Wildman–Crippen LogP) is 1.34. The van der Waals surface area contributed by atoms with Gasteiger partial charge in [0, 0.05) is 19.6 Å². The van der Waals surface area contributed by atoms with Crippen molar-refractivity contribution < 1.29 is 17.6 Å². The Morgan fingerprint density at radius 3 is 2.70 bits per heavy atom. The molecule has 0 bridgehead atoms. The van der Waals surface area contributed by atoms with Crippen molar-refractivity contribution in [2.45, 2.75) is 25.8 Å². The SMILES string of the molecule is O=C(NCCS(=O)(=O)NCC1CCC1)NCc1cccc(F)c1. The van der Waals surface area contributed by atoms with E-state index in [9.17, 15) is 17.6 Å². The number of hydrogen-bond donors (Lipinski definition) is 3. The van der Waals surface area contributed by atoms with Crippen LogP contribution >= 0.6 is 0 Å². The van der Waals surface area contributed by atoms with Gasteiger partial charge in [-0.25, -0.2) is 22.3 Å². The van der Waals surface area contributed by atoms with E-state index in [1.165, 1.54) is 18.6 Å². The van der Waals surface area contributed by atoms with Gasteiger partial charge in [-0.3, -0.25) is 0 Å². The largest absolute Gasteiger partial charge is 0.337 e. The van der Waals surface area contributed by atoms with Gasteiger partial charge in [0.15, 0.2) is 0 Å². The maximum Gasteiger partial charge on any atom is 0.315 e. The number of nitrogens with one attached hydrogen (secondary N) is 3. The highest BCUT2D eigenvalue weighted by atomic mass is 32.2. The first-order chi connectivity index (χ1) is 10.9. The van der Waals surface area contributed by atoms with Crippen LogP contribution in [0.5, 0.6) is 0 Å². The van der Waals surface area contributed by atoms with Gasteiger partial charge in [0.25, 0.3) is 0 Å². The third-order valence-corrected chi connectivity index (χ3v) is 5.16. The zero-order valence-corrected chi connectivity index (χ0v) is 13.7. The van der Waals surface area contributed by atoms with Crippen molar-refractivity contribution in [3.63, 3.8) is 0 Å². The predicted molar refractivity (Wildman–Crippen MR) is 85.8 cm³/mol. The van der Waals surface area contributed by atoms with E-state index in [-0.39, 0.29) is 24.7 Å². The molecule has 0 radical (unpaired) electrons. The molecule has 1 saturated carbocycles. The first kappa shape index (κ1) is 17.7.